The molecule has 0 bridgehead atoms. The lowest BCUT2D eigenvalue weighted by Crippen LogP contribution is -2.35. The fraction of sp³-hybridized carbons (Fsp3) is 0.500. The number of aryl methyl sites for hydroxylation is 1. The summed E-state index contributed by atoms with van der Waals surface area (Å²) < 4.78 is 5.13. The van der Waals surface area contributed by atoms with Crippen molar-refractivity contribution in [3.8, 4) is 0 Å². The number of nitrogens with zero attached hydrogens (tertiary/aromatic N) is 1. The van der Waals surface area contributed by atoms with Gasteiger partial charge >= 0.3 is 12.1 Å². The molecule has 6 heteroatoms. The molecule has 110 valence electrons. The first-order valence-electron chi connectivity index (χ1n) is 6.31. The van der Waals surface area contributed by atoms with Crippen molar-refractivity contribution in [2.45, 2.75) is 45.8 Å². The normalized spacial score (nSPS) is 12.6. The lowest BCUT2D eigenvalue weighted by atomic mass is 10.1. The summed E-state index contributed by atoms with van der Waals surface area (Å²) >= 11 is 0. The van der Waals surface area contributed by atoms with E-state index in [1.165, 1.54) is 0 Å². The third kappa shape index (κ3) is 5.69. The zero-order valence-corrected chi connectivity index (χ0v) is 12.1. The molecule has 0 aromatic carbocycles. The van der Waals surface area contributed by atoms with E-state index in [0.29, 0.717) is 5.56 Å². The minimum absolute atomic E-state index is 0.232. The molecule has 0 aliphatic carbocycles. The number of ether oxygens (including phenoxy) is 1. The van der Waals surface area contributed by atoms with Gasteiger partial charge in [0.05, 0.1) is 12.5 Å². The van der Waals surface area contributed by atoms with Crippen LogP contribution in [-0.2, 0) is 9.53 Å². The highest BCUT2D eigenvalue weighted by atomic mass is 16.6. The topological polar surface area (TPSA) is 88.5 Å². The van der Waals surface area contributed by atoms with Crippen LogP contribution >= 0.6 is 0 Å². The Morgan fingerprint density at radius 2 is 2.05 bits per heavy atom. The summed E-state index contributed by atoms with van der Waals surface area (Å²) in [4.78, 5) is 26.8. The summed E-state index contributed by atoms with van der Waals surface area (Å²) in [6.07, 6.45) is 0.675. The molecule has 0 fully saturated rings. The van der Waals surface area contributed by atoms with E-state index in [1.54, 1.807) is 39.1 Å². The van der Waals surface area contributed by atoms with Crippen LogP contribution in [0.5, 0.6) is 0 Å². The smallest absolute Gasteiger partial charge is 0.408 e. The zero-order valence-electron chi connectivity index (χ0n) is 12.1. The number of aromatic nitrogens is 1. The number of aliphatic carboxylic acids is 1. The van der Waals surface area contributed by atoms with Gasteiger partial charge in [-0.05, 0) is 39.3 Å². The number of nitrogens with one attached hydrogen (secondary N) is 1. The number of alkyl carbamates (subject to hydrolysis) is 1. The van der Waals surface area contributed by atoms with Gasteiger partial charge in [-0.2, -0.15) is 0 Å². The molecule has 0 radical (unpaired) electrons. The van der Waals surface area contributed by atoms with Crippen molar-refractivity contribution in [2.24, 2.45) is 0 Å². The third-order valence-electron chi connectivity index (χ3n) is 2.41. The van der Waals surface area contributed by atoms with E-state index in [9.17, 15) is 9.59 Å². The minimum Gasteiger partial charge on any atom is -0.481 e. The molecule has 1 rings (SSSR count). The number of carbonyl (C=O) groups is 2. The van der Waals surface area contributed by atoms with E-state index < -0.39 is 23.7 Å². The number of rotatable bonds is 4. The summed E-state index contributed by atoms with van der Waals surface area (Å²) in [5.41, 5.74) is 0.813. The van der Waals surface area contributed by atoms with Gasteiger partial charge in [0, 0.05) is 11.9 Å². The van der Waals surface area contributed by atoms with Gasteiger partial charge in [-0.25, -0.2) is 4.79 Å². The number of carboxylic acid groups (broad SMARTS) is 1. The first-order chi connectivity index (χ1) is 9.17. The van der Waals surface area contributed by atoms with Crippen LogP contribution in [-0.4, -0.2) is 27.8 Å². The highest BCUT2D eigenvalue weighted by Gasteiger charge is 2.22. The van der Waals surface area contributed by atoms with Crippen molar-refractivity contribution in [3.05, 3.63) is 29.6 Å². The van der Waals surface area contributed by atoms with Gasteiger partial charge in [-0.15, -0.1) is 0 Å². The Balaban J connectivity index is 2.82. The van der Waals surface area contributed by atoms with Gasteiger partial charge in [0.2, 0.25) is 0 Å². The molecule has 0 aliphatic heterocycles. The summed E-state index contributed by atoms with van der Waals surface area (Å²) in [6, 6.07) is 2.84. The highest BCUT2D eigenvalue weighted by molar-refractivity contribution is 5.72. The molecule has 1 unspecified atom stereocenters. The zero-order chi connectivity index (χ0) is 15.3. The van der Waals surface area contributed by atoms with E-state index in [4.69, 9.17) is 9.84 Å². The third-order valence-corrected chi connectivity index (χ3v) is 2.41. The number of carbonyl (C=O) groups excluding carboxylic acids is 1. The van der Waals surface area contributed by atoms with Crippen LogP contribution in [0.1, 0.15) is 44.5 Å². The van der Waals surface area contributed by atoms with Gasteiger partial charge < -0.3 is 15.2 Å². The van der Waals surface area contributed by atoms with Crippen LogP contribution in [0.15, 0.2) is 18.3 Å². The average molecular weight is 280 g/mol. The fourth-order valence-corrected chi connectivity index (χ4v) is 1.56. The molecule has 1 amide bonds. The summed E-state index contributed by atoms with van der Waals surface area (Å²) in [7, 11) is 0. The van der Waals surface area contributed by atoms with Gasteiger partial charge in [0.1, 0.15) is 5.60 Å². The standard InChI is InChI=1S/C14H20N2O4/c1-9-5-6-10(8-15-9)11(7-12(17)18)16-13(19)20-14(2,3)4/h5-6,8,11H,7H2,1-4H3,(H,16,19)(H,17,18). The quantitative estimate of drug-likeness (QED) is 0.884. The first-order valence-corrected chi connectivity index (χ1v) is 6.31. The molecular weight excluding hydrogens is 260 g/mol. The largest absolute Gasteiger partial charge is 0.481 e. The van der Waals surface area contributed by atoms with Crippen LogP contribution in [0.4, 0.5) is 4.79 Å². The Bertz CT molecular complexity index is 477. The van der Waals surface area contributed by atoms with Crippen molar-refractivity contribution < 1.29 is 19.4 Å². The Labute approximate surface area is 118 Å². The number of hydrogen-bond acceptors (Lipinski definition) is 4. The van der Waals surface area contributed by atoms with Crippen LogP contribution < -0.4 is 5.32 Å². The second-order valence-corrected chi connectivity index (χ2v) is 5.53. The molecule has 1 aromatic heterocycles. The molecular formula is C14H20N2O4. The van der Waals surface area contributed by atoms with Crippen LogP contribution in [0.2, 0.25) is 0 Å². The molecule has 0 aliphatic rings. The predicted octanol–water partition coefficient (Wildman–Crippen LogP) is 2.43. The number of amides is 1. The Kier molecular flexibility index (Phi) is 5.07. The maximum Gasteiger partial charge on any atom is 0.408 e. The van der Waals surface area contributed by atoms with E-state index >= 15 is 0 Å². The first kappa shape index (κ1) is 15.9. The SMILES string of the molecule is Cc1ccc(C(CC(=O)O)NC(=O)OC(C)(C)C)cn1. The van der Waals surface area contributed by atoms with Crippen molar-refractivity contribution >= 4 is 12.1 Å². The van der Waals surface area contributed by atoms with Crippen LogP contribution in [0.3, 0.4) is 0 Å². The Morgan fingerprint density at radius 3 is 2.50 bits per heavy atom. The van der Waals surface area contributed by atoms with E-state index in [2.05, 4.69) is 10.3 Å². The molecule has 0 saturated carbocycles. The number of carboxylic acids is 1. The number of pyridine rings is 1. The monoisotopic (exact) mass is 280 g/mol. The molecule has 1 aromatic rings. The minimum atomic E-state index is -1.01. The molecule has 1 atom stereocenters. The lowest BCUT2D eigenvalue weighted by Gasteiger charge is -2.23. The van der Waals surface area contributed by atoms with E-state index in [1.807, 2.05) is 6.92 Å². The van der Waals surface area contributed by atoms with Gasteiger partial charge in [0.25, 0.3) is 0 Å². The maximum absolute atomic E-state index is 11.7. The van der Waals surface area contributed by atoms with Crippen LogP contribution in [0, 0.1) is 6.92 Å². The molecule has 2 N–H and O–H groups in total. The Morgan fingerprint density at radius 1 is 1.40 bits per heavy atom. The summed E-state index contributed by atoms with van der Waals surface area (Å²) in [6.45, 7) is 7.06. The molecule has 1 heterocycles. The highest BCUT2D eigenvalue weighted by Crippen LogP contribution is 2.17. The van der Waals surface area contributed by atoms with E-state index in [-0.39, 0.29) is 6.42 Å². The molecule has 20 heavy (non-hydrogen) atoms. The molecule has 6 nitrogen and oxygen atoms in total. The Hall–Kier alpha value is -2.11. The fourth-order valence-electron chi connectivity index (χ4n) is 1.56. The van der Waals surface area contributed by atoms with Crippen molar-refractivity contribution in [2.75, 3.05) is 0 Å². The number of hydrogen-bond donors (Lipinski definition) is 2. The average Bonchev–Trinajstić information content (AvgIpc) is 2.25. The van der Waals surface area contributed by atoms with Gasteiger partial charge in [-0.1, -0.05) is 6.07 Å². The summed E-state index contributed by atoms with van der Waals surface area (Å²) in [5.74, 6) is -1.01. The van der Waals surface area contributed by atoms with Crippen molar-refractivity contribution in [1.82, 2.24) is 10.3 Å². The molecule has 0 spiro atoms. The summed E-state index contributed by atoms with van der Waals surface area (Å²) in [5, 5.41) is 11.5. The lowest BCUT2D eigenvalue weighted by molar-refractivity contribution is -0.137. The second-order valence-electron chi connectivity index (χ2n) is 5.53. The second kappa shape index (κ2) is 6.36. The predicted molar refractivity (Wildman–Crippen MR) is 73.3 cm³/mol. The van der Waals surface area contributed by atoms with Crippen molar-refractivity contribution in [1.29, 1.82) is 0 Å². The van der Waals surface area contributed by atoms with Gasteiger partial charge in [0.15, 0.2) is 0 Å². The molecule has 0 saturated heterocycles. The van der Waals surface area contributed by atoms with Crippen LogP contribution in [0.25, 0.3) is 0 Å². The maximum atomic E-state index is 11.7. The van der Waals surface area contributed by atoms with E-state index in [0.717, 1.165) is 5.69 Å². The van der Waals surface area contributed by atoms with Gasteiger partial charge in [-0.3, -0.25) is 9.78 Å². The van der Waals surface area contributed by atoms with Crippen molar-refractivity contribution in [3.63, 3.8) is 0 Å².